The smallest absolute Gasteiger partial charge is 0.326 e. The summed E-state index contributed by atoms with van der Waals surface area (Å²) in [6, 6.07) is 5.21. The predicted octanol–water partition coefficient (Wildman–Crippen LogP) is 1.08. The van der Waals surface area contributed by atoms with Gasteiger partial charge in [0.15, 0.2) is 0 Å². The third-order valence-corrected chi connectivity index (χ3v) is 2.34. The van der Waals surface area contributed by atoms with Crippen molar-refractivity contribution in [2.75, 3.05) is 0 Å². The zero-order valence-corrected chi connectivity index (χ0v) is 9.80. The summed E-state index contributed by atoms with van der Waals surface area (Å²) in [5.41, 5.74) is 0.702. The van der Waals surface area contributed by atoms with Crippen molar-refractivity contribution in [3.8, 4) is 5.75 Å². The standard InChI is InChI=1S/C13H15NO4/c1-2-3-11(13(17)18)14-12(16)8-9-4-6-10(15)7-5-9/h2,4-7,11,15H,1,3,8H2,(H,14,16)(H,17,18). The lowest BCUT2D eigenvalue weighted by Gasteiger charge is -2.12. The van der Waals surface area contributed by atoms with E-state index in [0.29, 0.717) is 5.56 Å². The molecule has 0 aliphatic heterocycles. The van der Waals surface area contributed by atoms with Crippen LogP contribution in [0.1, 0.15) is 12.0 Å². The van der Waals surface area contributed by atoms with Gasteiger partial charge in [-0.05, 0) is 24.1 Å². The molecular formula is C13H15NO4. The third-order valence-electron chi connectivity index (χ3n) is 2.34. The summed E-state index contributed by atoms with van der Waals surface area (Å²) in [5, 5.41) is 20.4. The quantitative estimate of drug-likeness (QED) is 0.658. The molecule has 0 saturated carbocycles. The maximum atomic E-state index is 11.6. The molecule has 5 heteroatoms. The van der Waals surface area contributed by atoms with Gasteiger partial charge < -0.3 is 15.5 Å². The van der Waals surface area contributed by atoms with Crippen molar-refractivity contribution in [2.24, 2.45) is 0 Å². The molecule has 0 bridgehead atoms. The number of benzene rings is 1. The molecule has 18 heavy (non-hydrogen) atoms. The van der Waals surface area contributed by atoms with Crippen molar-refractivity contribution >= 4 is 11.9 Å². The predicted molar refractivity (Wildman–Crippen MR) is 66.2 cm³/mol. The summed E-state index contributed by atoms with van der Waals surface area (Å²) in [7, 11) is 0. The highest BCUT2D eigenvalue weighted by Crippen LogP contribution is 2.10. The van der Waals surface area contributed by atoms with E-state index in [9.17, 15) is 9.59 Å². The summed E-state index contributed by atoms with van der Waals surface area (Å²) in [4.78, 5) is 22.4. The summed E-state index contributed by atoms with van der Waals surface area (Å²) in [6.07, 6.45) is 1.69. The number of rotatable bonds is 6. The summed E-state index contributed by atoms with van der Waals surface area (Å²) in [6.45, 7) is 3.44. The highest BCUT2D eigenvalue weighted by atomic mass is 16.4. The number of nitrogens with one attached hydrogen (secondary N) is 1. The van der Waals surface area contributed by atoms with Gasteiger partial charge in [0.2, 0.25) is 5.91 Å². The molecule has 0 fully saturated rings. The second-order valence-corrected chi connectivity index (χ2v) is 3.83. The number of carboxylic acids is 1. The Morgan fingerprint density at radius 1 is 1.33 bits per heavy atom. The number of carbonyl (C=O) groups is 2. The Labute approximate surface area is 105 Å². The zero-order valence-electron chi connectivity index (χ0n) is 9.80. The van der Waals surface area contributed by atoms with E-state index in [4.69, 9.17) is 10.2 Å². The summed E-state index contributed by atoms with van der Waals surface area (Å²) < 4.78 is 0. The minimum absolute atomic E-state index is 0.0706. The van der Waals surface area contributed by atoms with Crippen LogP contribution in [0.25, 0.3) is 0 Å². The fourth-order valence-electron chi connectivity index (χ4n) is 1.43. The highest BCUT2D eigenvalue weighted by Gasteiger charge is 2.18. The first-order chi connectivity index (χ1) is 8.52. The average molecular weight is 249 g/mol. The van der Waals surface area contributed by atoms with Gasteiger partial charge in [0.1, 0.15) is 11.8 Å². The van der Waals surface area contributed by atoms with Crippen LogP contribution in [0.4, 0.5) is 0 Å². The highest BCUT2D eigenvalue weighted by molar-refractivity contribution is 5.84. The van der Waals surface area contributed by atoms with Crippen LogP contribution >= 0.6 is 0 Å². The molecule has 1 atom stereocenters. The molecule has 1 unspecified atom stereocenters. The number of amides is 1. The van der Waals surface area contributed by atoms with Gasteiger partial charge in [-0.25, -0.2) is 4.79 Å². The number of aromatic hydroxyl groups is 1. The number of phenols is 1. The first-order valence-corrected chi connectivity index (χ1v) is 5.44. The number of phenolic OH excluding ortho intramolecular Hbond substituents is 1. The zero-order chi connectivity index (χ0) is 13.5. The molecule has 1 amide bonds. The monoisotopic (exact) mass is 249 g/mol. The van der Waals surface area contributed by atoms with Gasteiger partial charge in [-0.2, -0.15) is 0 Å². The van der Waals surface area contributed by atoms with E-state index in [1.54, 1.807) is 12.1 Å². The van der Waals surface area contributed by atoms with Gasteiger partial charge in [0.25, 0.3) is 0 Å². The van der Waals surface area contributed by atoms with Crippen molar-refractivity contribution in [3.63, 3.8) is 0 Å². The minimum atomic E-state index is -1.09. The summed E-state index contributed by atoms with van der Waals surface area (Å²) in [5.74, 6) is -1.35. The van der Waals surface area contributed by atoms with Crippen LogP contribution in [0.3, 0.4) is 0 Å². The van der Waals surface area contributed by atoms with Crippen LogP contribution in [-0.2, 0) is 16.0 Å². The molecule has 0 aromatic heterocycles. The first kappa shape index (κ1) is 13.8. The van der Waals surface area contributed by atoms with Crippen LogP contribution in [0.5, 0.6) is 5.75 Å². The average Bonchev–Trinajstić information content (AvgIpc) is 2.31. The number of hydrogen-bond donors (Lipinski definition) is 3. The molecule has 5 nitrogen and oxygen atoms in total. The molecule has 0 radical (unpaired) electrons. The van der Waals surface area contributed by atoms with Gasteiger partial charge in [0.05, 0.1) is 6.42 Å². The van der Waals surface area contributed by atoms with E-state index < -0.39 is 12.0 Å². The Morgan fingerprint density at radius 2 is 1.94 bits per heavy atom. The van der Waals surface area contributed by atoms with E-state index >= 15 is 0 Å². The minimum Gasteiger partial charge on any atom is -0.508 e. The van der Waals surface area contributed by atoms with Crippen LogP contribution < -0.4 is 5.32 Å². The normalized spacial score (nSPS) is 11.6. The topological polar surface area (TPSA) is 86.6 Å². The van der Waals surface area contributed by atoms with Crippen LogP contribution in [0.15, 0.2) is 36.9 Å². The van der Waals surface area contributed by atoms with Crippen molar-refractivity contribution in [1.29, 1.82) is 0 Å². The number of hydrogen-bond acceptors (Lipinski definition) is 3. The van der Waals surface area contributed by atoms with E-state index in [1.807, 2.05) is 0 Å². The molecule has 1 rings (SSSR count). The summed E-state index contributed by atoms with van der Waals surface area (Å²) >= 11 is 0. The Bertz CT molecular complexity index is 439. The molecule has 1 aromatic rings. The molecular weight excluding hydrogens is 234 g/mol. The third kappa shape index (κ3) is 4.29. The molecule has 0 saturated heterocycles. The molecule has 0 aliphatic rings. The lowest BCUT2D eigenvalue weighted by atomic mass is 10.1. The van der Waals surface area contributed by atoms with Gasteiger partial charge in [0, 0.05) is 0 Å². The Balaban J connectivity index is 2.57. The van der Waals surface area contributed by atoms with Crippen LogP contribution in [0.2, 0.25) is 0 Å². The molecule has 96 valence electrons. The number of carbonyl (C=O) groups excluding carboxylic acids is 1. The van der Waals surface area contributed by atoms with E-state index in [-0.39, 0.29) is 24.5 Å². The molecule has 0 aliphatic carbocycles. The molecule has 1 aromatic carbocycles. The largest absolute Gasteiger partial charge is 0.508 e. The number of carboxylic acid groups (broad SMARTS) is 1. The van der Waals surface area contributed by atoms with Crippen LogP contribution in [-0.4, -0.2) is 28.1 Å². The lowest BCUT2D eigenvalue weighted by molar-refractivity contribution is -0.141. The number of aliphatic carboxylic acids is 1. The fraction of sp³-hybridized carbons (Fsp3) is 0.231. The Kier molecular flexibility index (Phi) is 4.92. The SMILES string of the molecule is C=CCC(NC(=O)Cc1ccc(O)cc1)C(=O)O. The maximum absolute atomic E-state index is 11.6. The van der Waals surface area contributed by atoms with Crippen molar-refractivity contribution in [2.45, 2.75) is 18.9 Å². The molecule has 3 N–H and O–H groups in total. The van der Waals surface area contributed by atoms with Crippen molar-refractivity contribution < 1.29 is 19.8 Å². The van der Waals surface area contributed by atoms with Crippen LogP contribution in [0, 0.1) is 0 Å². The van der Waals surface area contributed by atoms with Crippen molar-refractivity contribution in [1.82, 2.24) is 5.32 Å². The van der Waals surface area contributed by atoms with E-state index in [1.165, 1.54) is 18.2 Å². The van der Waals surface area contributed by atoms with Gasteiger partial charge >= 0.3 is 5.97 Å². The van der Waals surface area contributed by atoms with Gasteiger partial charge in [-0.3, -0.25) is 4.79 Å². The van der Waals surface area contributed by atoms with Gasteiger partial charge in [-0.15, -0.1) is 6.58 Å². The second-order valence-electron chi connectivity index (χ2n) is 3.83. The lowest BCUT2D eigenvalue weighted by Crippen LogP contribution is -2.41. The molecule has 0 heterocycles. The van der Waals surface area contributed by atoms with Gasteiger partial charge in [-0.1, -0.05) is 18.2 Å². The second kappa shape index (κ2) is 6.44. The molecule has 0 spiro atoms. The van der Waals surface area contributed by atoms with E-state index in [2.05, 4.69) is 11.9 Å². The van der Waals surface area contributed by atoms with Crippen molar-refractivity contribution in [3.05, 3.63) is 42.5 Å². The maximum Gasteiger partial charge on any atom is 0.326 e. The first-order valence-electron chi connectivity index (χ1n) is 5.44. The Hall–Kier alpha value is -2.30. The Morgan fingerprint density at radius 3 is 2.44 bits per heavy atom. The van der Waals surface area contributed by atoms with E-state index in [0.717, 1.165) is 0 Å². The fourth-order valence-corrected chi connectivity index (χ4v) is 1.43.